The minimum Gasteiger partial charge on any atom is -0.444 e. The minimum absolute atomic E-state index is 0.110. The Hall–Kier alpha value is -3.68. The van der Waals surface area contributed by atoms with Crippen LogP contribution in [0.1, 0.15) is 55.5 Å². The molecule has 0 radical (unpaired) electrons. The van der Waals surface area contributed by atoms with Crippen molar-refractivity contribution in [2.75, 3.05) is 0 Å². The smallest absolute Gasteiger partial charge is 0.407 e. The molecule has 3 aromatic rings. The van der Waals surface area contributed by atoms with Crippen LogP contribution < -0.4 is 10.6 Å². The summed E-state index contributed by atoms with van der Waals surface area (Å²) in [5.74, 6) is -0.851. The van der Waals surface area contributed by atoms with E-state index in [1.807, 2.05) is 84.9 Å². The van der Waals surface area contributed by atoms with E-state index in [2.05, 4.69) is 10.6 Å². The largest absolute Gasteiger partial charge is 0.444 e. The lowest BCUT2D eigenvalue weighted by molar-refractivity contribution is -0.127. The van der Waals surface area contributed by atoms with E-state index in [4.69, 9.17) is 4.74 Å². The van der Waals surface area contributed by atoms with Gasteiger partial charge in [-0.1, -0.05) is 84.9 Å². The van der Waals surface area contributed by atoms with Crippen LogP contribution in [0.5, 0.6) is 0 Å². The van der Waals surface area contributed by atoms with Gasteiger partial charge < -0.3 is 25.6 Å². The second kappa shape index (κ2) is 13.1. The molecule has 7 heteroatoms. The predicted molar refractivity (Wildman–Crippen MR) is 155 cm³/mol. The van der Waals surface area contributed by atoms with E-state index in [-0.39, 0.29) is 12.3 Å². The molecule has 1 unspecified atom stereocenters. The van der Waals surface area contributed by atoms with Crippen LogP contribution in [-0.2, 0) is 28.8 Å². The number of nitrogens with one attached hydrogen (secondary N) is 2. The molecule has 7 nitrogen and oxygen atoms in total. The summed E-state index contributed by atoms with van der Waals surface area (Å²) in [6, 6.07) is 25.8. The van der Waals surface area contributed by atoms with Crippen LogP contribution in [0.2, 0.25) is 0 Å². The lowest BCUT2D eigenvalue weighted by atomic mass is 9.88. The fourth-order valence-corrected chi connectivity index (χ4v) is 5.27. The second-order valence-corrected chi connectivity index (χ2v) is 11.6. The molecule has 1 aliphatic rings. The summed E-state index contributed by atoms with van der Waals surface area (Å²) in [6.07, 6.45) is -1.02. The monoisotopic (exact) mass is 544 g/mol. The van der Waals surface area contributed by atoms with Crippen molar-refractivity contribution in [3.8, 4) is 0 Å². The van der Waals surface area contributed by atoms with Crippen LogP contribution >= 0.6 is 0 Å². The number of hydrogen-bond acceptors (Lipinski definition) is 5. The van der Waals surface area contributed by atoms with Gasteiger partial charge in [0.25, 0.3) is 0 Å². The van der Waals surface area contributed by atoms with Gasteiger partial charge in [-0.2, -0.15) is 0 Å². The molecule has 40 heavy (non-hydrogen) atoms. The van der Waals surface area contributed by atoms with Crippen molar-refractivity contribution in [1.82, 2.24) is 10.6 Å². The zero-order valence-corrected chi connectivity index (χ0v) is 23.4. The molecule has 2 amide bonds. The fraction of sp³-hybridized carbons (Fsp3) is 0.394. The molecule has 4 N–H and O–H groups in total. The molecule has 212 valence electrons. The first-order chi connectivity index (χ1) is 19.1. The van der Waals surface area contributed by atoms with E-state index in [1.54, 1.807) is 20.8 Å². The summed E-state index contributed by atoms with van der Waals surface area (Å²) in [5.41, 5.74) is 3.14. The topological polar surface area (TPSA) is 108 Å². The number of hydrogen-bond donors (Lipinski definition) is 4. The van der Waals surface area contributed by atoms with Crippen LogP contribution in [0.3, 0.4) is 0 Å². The first kappa shape index (κ1) is 29.3. The molecule has 0 aromatic heterocycles. The summed E-state index contributed by atoms with van der Waals surface area (Å²) < 4.78 is 5.47. The molecular formula is C33H40N2O5. The van der Waals surface area contributed by atoms with Gasteiger partial charge in [0.15, 0.2) is 0 Å². The maximum atomic E-state index is 13.7. The molecule has 0 bridgehead atoms. The van der Waals surface area contributed by atoms with Crippen LogP contribution in [0.15, 0.2) is 84.9 Å². The molecule has 0 spiro atoms. The number of fused-ring (bicyclic) bond motifs is 1. The quantitative estimate of drug-likeness (QED) is 0.301. The van der Waals surface area contributed by atoms with Gasteiger partial charge in [0.2, 0.25) is 5.91 Å². The summed E-state index contributed by atoms with van der Waals surface area (Å²) in [5, 5.41) is 28.1. The van der Waals surface area contributed by atoms with Gasteiger partial charge in [-0.3, -0.25) is 4.79 Å². The van der Waals surface area contributed by atoms with Crippen molar-refractivity contribution >= 4 is 12.0 Å². The molecule has 0 heterocycles. The van der Waals surface area contributed by atoms with Gasteiger partial charge in [-0.05, 0) is 62.3 Å². The Bertz CT molecular complexity index is 1260. The van der Waals surface area contributed by atoms with Crippen LogP contribution in [0.4, 0.5) is 4.79 Å². The van der Waals surface area contributed by atoms with Crippen LogP contribution in [-0.4, -0.2) is 46.1 Å². The Labute approximate surface area is 236 Å². The third-order valence-electron chi connectivity index (χ3n) is 7.19. The van der Waals surface area contributed by atoms with E-state index in [0.29, 0.717) is 19.3 Å². The first-order valence-electron chi connectivity index (χ1n) is 13.9. The van der Waals surface area contributed by atoms with Gasteiger partial charge in [0, 0.05) is 12.3 Å². The average Bonchev–Trinajstić information content (AvgIpc) is 3.22. The fourth-order valence-electron chi connectivity index (χ4n) is 5.27. The molecule has 0 fully saturated rings. The average molecular weight is 545 g/mol. The zero-order valence-electron chi connectivity index (χ0n) is 23.4. The number of carbonyl (C=O) groups excluding carboxylic acids is 2. The lowest BCUT2D eigenvalue weighted by Crippen LogP contribution is -2.48. The highest BCUT2D eigenvalue weighted by Gasteiger charge is 2.35. The third kappa shape index (κ3) is 8.16. The number of alkyl carbamates (subject to hydrolysis) is 1. The van der Waals surface area contributed by atoms with Gasteiger partial charge in [-0.25, -0.2) is 4.79 Å². The van der Waals surface area contributed by atoms with Crippen molar-refractivity contribution in [3.63, 3.8) is 0 Å². The van der Waals surface area contributed by atoms with Crippen molar-refractivity contribution in [1.29, 1.82) is 0 Å². The van der Waals surface area contributed by atoms with Gasteiger partial charge in [-0.15, -0.1) is 0 Å². The molecule has 1 aliphatic carbocycles. The van der Waals surface area contributed by atoms with Crippen molar-refractivity contribution < 1.29 is 24.5 Å². The zero-order chi connectivity index (χ0) is 28.7. The second-order valence-electron chi connectivity index (χ2n) is 11.6. The Kier molecular flexibility index (Phi) is 9.61. The number of amides is 2. The van der Waals surface area contributed by atoms with Gasteiger partial charge in [0.05, 0.1) is 24.3 Å². The summed E-state index contributed by atoms with van der Waals surface area (Å²) in [4.78, 5) is 26.4. The number of carbonyl (C=O) groups is 2. The maximum Gasteiger partial charge on any atom is 0.407 e. The molecule has 5 atom stereocenters. The molecule has 0 saturated carbocycles. The summed E-state index contributed by atoms with van der Waals surface area (Å²) in [7, 11) is 0. The molecule has 4 rings (SSSR count). The normalized spacial score (nSPS) is 18.7. The Morgan fingerprint density at radius 2 is 1.48 bits per heavy atom. The number of rotatable bonds is 10. The van der Waals surface area contributed by atoms with E-state index in [9.17, 15) is 19.8 Å². The minimum atomic E-state index is -1.03. The SMILES string of the molecule is CC(C)(C)OC(=O)N[C@@H](Cc1ccccc1)[C@@H](O)C[C@H](Cc1ccccc1)C(=O)NC1c2ccccc2C[C@H]1O. The Morgan fingerprint density at radius 3 is 2.10 bits per heavy atom. The van der Waals surface area contributed by atoms with E-state index in [1.165, 1.54) is 0 Å². The number of aliphatic hydroxyl groups excluding tert-OH is 2. The van der Waals surface area contributed by atoms with E-state index in [0.717, 1.165) is 22.3 Å². The van der Waals surface area contributed by atoms with Gasteiger partial charge in [0.1, 0.15) is 5.60 Å². The highest BCUT2D eigenvalue weighted by Crippen LogP contribution is 2.32. The standard InChI is InChI=1S/C33H40N2O5/c1-33(2,3)40-32(39)34-27(19-23-14-8-5-9-15-23)28(36)21-25(18-22-12-6-4-7-13-22)31(38)35-30-26-17-11-10-16-24(26)20-29(30)37/h4-17,25,27-30,36-37H,18-21H2,1-3H3,(H,34,39)(H,35,38)/t25-,27-,28-,29+,30?/m0/s1. The highest BCUT2D eigenvalue weighted by atomic mass is 16.6. The molecule has 0 saturated heterocycles. The lowest BCUT2D eigenvalue weighted by Gasteiger charge is -2.29. The van der Waals surface area contributed by atoms with Gasteiger partial charge >= 0.3 is 6.09 Å². The van der Waals surface area contributed by atoms with Crippen molar-refractivity contribution in [2.24, 2.45) is 5.92 Å². The Morgan fingerprint density at radius 1 is 0.900 bits per heavy atom. The molecule has 3 aromatic carbocycles. The number of aliphatic hydroxyl groups is 2. The Balaban J connectivity index is 1.54. The molecular weight excluding hydrogens is 504 g/mol. The van der Waals surface area contributed by atoms with Crippen LogP contribution in [0, 0.1) is 5.92 Å². The predicted octanol–water partition coefficient (Wildman–Crippen LogP) is 4.51. The van der Waals surface area contributed by atoms with Crippen molar-refractivity contribution in [2.45, 2.75) is 76.3 Å². The highest BCUT2D eigenvalue weighted by molar-refractivity contribution is 5.80. The van der Waals surface area contributed by atoms with Crippen LogP contribution in [0.25, 0.3) is 0 Å². The summed E-state index contributed by atoms with van der Waals surface area (Å²) in [6.45, 7) is 5.35. The van der Waals surface area contributed by atoms with E-state index >= 15 is 0 Å². The summed E-state index contributed by atoms with van der Waals surface area (Å²) >= 11 is 0. The number of ether oxygens (including phenoxy) is 1. The van der Waals surface area contributed by atoms with Crippen molar-refractivity contribution in [3.05, 3.63) is 107 Å². The molecule has 0 aliphatic heterocycles. The third-order valence-corrected chi connectivity index (χ3v) is 7.19. The van der Waals surface area contributed by atoms with E-state index < -0.39 is 41.9 Å². The maximum absolute atomic E-state index is 13.7. The number of benzene rings is 3. The first-order valence-corrected chi connectivity index (χ1v) is 13.9.